The average Bonchev–Trinajstić information content (AvgIpc) is 3.22. The van der Waals surface area contributed by atoms with Gasteiger partial charge in [-0.15, -0.1) is 24.5 Å². The lowest BCUT2D eigenvalue weighted by atomic mass is 10.0. The smallest absolute Gasteiger partial charge is 0.406 e. The van der Waals surface area contributed by atoms with Crippen molar-refractivity contribution in [2.24, 2.45) is 0 Å². The number of ether oxygens (including phenoxy) is 1. The number of hydrogen-bond acceptors (Lipinski definition) is 4. The SMILES string of the molecule is O=C1NC2=C(C(=O)N(c3ccc(OC(F)(F)F)cc3)C2)[C@H](c2cccs2)N1. The summed E-state index contributed by atoms with van der Waals surface area (Å²) in [6.07, 6.45) is -4.78. The molecule has 0 fully saturated rings. The van der Waals surface area contributed by atoms with E-state index in [9.17, 15) is 22.8 Å². The van der Waals surface area contributed by atoms with Crippen LogP contribution in [0.2, 0.25) is 0 Å². The molecule has 10 heteroatoms. The number of hydrogen-bond donors (Lipinski definition) is 2. The first kappa shape index (κ1) is 17.4. The number of anilines is 1. The van der Waals surface area contributed by atoms with Crippen molar-refractivity contribution in [1.82, 2.24) is 10.6 Å². The Hall–Kier alpha value is -3.01. The Morgan fingerprint density at radius 2 is 1.89 bits per heavy atom. The van der Waals surface area contributed by atoms with Crippen molar-refractivity contribution in [3.8, 4) is 5.75 Å². The molecule has 6 nitrogen and oxygen atoms in total. The van der Waals surface area contributed by atoms with Crippen molar-refractivity contribution in [3.63, 3.8) is 0 Å². The summed E-state index contributed by atoms with van der Waals surface area (Å²) < 4.78 is 40.7. The van der Waals surface area contributed by atoms with Gasteiger partial charge in [0.05, 0.1) is 23.9 Å². The van der Waals surface area contributed by atoms with Crippen LogP contribution in [0, 0.1) is 0 Å². The zero-order valence-corrected chi connectivity index (χ0v) is 14.4. The van der Waals surface area contributed by atoms with Gasteiger partial charge in [0.1, 0.15) is 5.75 Å². The largest absolute Gasteiger partial charge is 0.573 e. The minimum atomic E-state index is -4.78. The summed E-state index contributed by atoms with van der Waals surface area (Å²) in [5, 5.41) is 7.23. The Kier molecular flexibility index (Phi) is 4.06. The van der Waals surface area contributed by atoms with Gasteiger partial charge in [0.2, 0.25) is 0 Å². The van der Waals surface area contributed by atoms with Gasteiger partial charge < -0.3 is 20.3 Å². The van der Waals surface area contributed by atoms with E-state index in [0.717, 1.165) is 17.0 Å². The zero-order chi connectivity index (χ0) is 19.2. The molecular formula is C17H12F3N3O3S. The van der Waals surface area contributed by atoms with Gasteiger partial charge in [-0.05, 0) is 35.7 Å². The number of carbonyl (C=O) groups excluding carboxylic acids is 2. The number of amides is 3. The number of carbonyl (C=O) groups is 2. The number of alkyl halides is 3. The summed E-state index contributed by atoms with van der Waals surface area (Å²) in [5.74, 6) is -0.692. The summed E-state index contributed by atoms with van der Waals surface area (Å²) in [6, 6.07) is 7.70. The minimum Gasteiger partial charge on any atom is -0.406 e. The number of benzene rings is 1. The first-order valence-electron chi connectivity index (χ1n) is 7.83. The van der Waals surface area contributed by atoms with Crippen LogP contribution in [0.5, 0.6) is 5.75 Å². The van der Waals surface area contributed by atoms with Crippen LogP contribution in [0.1, 0.15) is 10.9 Å². The standard InChI is InChI=1S/C17H12F3N3O3S/c18-17(19,20)26-10-5-3-9(4-6-10)23-8-11-13(15(23)24)14(22-16(25)21-11)12-2-1-7-27-12/h1-7,14H,8H2,(H2,21,22,25)/t14-/m0/s1. The van der Waals surface area contributed by atoms with Crippen LogP contribution in [0.15, 0.2) is 53.0 Å². The van der Waals surface area contributed by atoms with Gasteiger partial charge in [-0.1, -0.05) is 6.07 Å². The molecule has 2 N–H and O–H groups in total. The second kappa shape index (κ2) is 6.31. The fourth-order valence-corrected chi connectivity index (χ4v) is 3.86. The number of halogens is 3. The van der Waals surface area contributed by atoms with Gasteiger partial charge in [0.15, 0.2) is 0 Å². The van der Waals surface area contributed by atoms with Gasteiger partial charge in [-0.2, -0.15) is 0 Å². The lowest BCUT2D eigenvalue weighted by molar-refractivity contribution is -0.274. The Balaban J connectivity index is 1.60. The molecule has 0 saturated heterocycles. The summed E-state index contributed by atoms with van der Waals surface area (Å²) in [6.45, 7) is 0.128. The van der Waals surface area contributed by atoms with Crippen LogP contribution in [-0.2, 0) is 4.79 Å². The van der Waals surface area contributed by atoms with E-state index in [1.54, 1.807) is 0 Å². The van der Waals surface area contributed by atoms with E-state index in [1.165, 1.54) is 28.4 Å². The van der Waals surface area contributed by atoms with Gasteiger partial charge in [0, 0.05) is 10.6 Å². The number of urea groups is 1. The third kappa shape index (κ3) is 3.35. The molecule has 0 unspecified atom stereocenters. The maximum Gasteiger partial charge on any atom is 0.573 e. The molecule has 0 aliphatic carbocycles. The van der Waals surface area contributed by atoms with Crippen molar-refractivity contribution in [2.45, 2.75) is 12.4 Å². The van der Waals surface area contributed by atoms with Gasteiger partial charge in [-0.25, -0.2) is 4.79 Å². The highest BCUT2D eigenvalue weighted by molar-refractivity contribution is 7.10. The molecule has 1 aromatic carbocycles. The topological polar surface area (TPSA) is 70.7 Å². The van der Waals surface area contributed by atoms with E-state index in [1.807, 2.05) is 17.5 Å². The summed E-state index contributed by atoms with van der Waals surface area (Å²) in [7, 11) is 0. The average molecular weight is 395 g/mol. The zero-order valence-electron chi connectivity index (χ0n) is 13.5. The number of nitrogens with zero attached hydrogens (tertiary/aromatic N) is 1. The summed E-state index contributed by atoms with van der Waals surface area (Å²) in [5.41, 5.74) is 1.31. The predicted molar refractivity (Wildman–Crippen MR) is 91.2 cm³/mol. The number of nitrogens with one attached hydrogen (secondary N) is 2. The van der Waals surface area contributed by atoms with Crippen LogP contribution in [0.25, 0.3) is 0 Å². The Morgan fingerprint density at radius 1 is 1.15 bits per heavy atom. The molecule has 0 bridgehead atoms. The number of rotatable bonds is 3. The van der Waals surface area contributed by atoms with E-state index in [0.29, 0.717) is 17.0 Å². The monoisotopic (exact) mass is 395 g/mol. The molecule has 1 atom stereocenters. The van der Waals surface area contributed by atoms with Gasteiger partial charge in [0.25, 0.3) is 5.91 Å². The minimum absolute atomic E-state index is 0.128. The van der Waals surface area contributed by atoms with E-state index < -0.39 is 18.4 Å². The van der Waals surface area contributed by atoms with E-state index in [4.69, 9.17) is 0 Å². The van der Waals surface area contributed by atoms with Crippen LogP contribution in [0.4, 0.5) is 23.7 Å². The molecule has 2 aliphatic rings. The van der Waals surface area contributed by atoms with Crippen LogP contribution in [0.3, 0.4) is 0 Å². The second-order valence-electron chi connectivity index (χ2n) is 5.87. The number of thiophene rings is 1. The van der Waals surface area contributed by atoms with Crippen molar-refractivity contribution in [2.75, 3.05) is 11.4 Å². The van der Waals surface area contributed by atoms with Crippen molar-refractivity contribution in [1.29, 1.82) is 0 Å². The van der Waals surface area contributed by atoms with E-state index in [2.05, 4.69) is 15.4 Å². The van der Waals surface area contributed by atoms with Crippen molar-refractivity contribution in [3.05, 3.63) is 57.9 Å². The molecular weight excluding hydrogens is 383 g/mol. The fraction of sp³-hybridized carbons (Fsp3) is 0.176. The summed E-state index contributed by atoms with van der Waals surface area (Å²) >= 11 is 1.42. The molecule has 140 valence electrons. The fourth-order valence-electron chi connectivity index (χ4n) is 3.08. The highest BCUT2D eigenvalue weighted by Gasteiger charge is 2.41. The highest BCUT2D eigenvalue weighted by Crippen LogP contribution is 2.36. The maximum absolute atomic E-state index is 12.9. The molecule has 3 heterocycles. The molecule has 1 aromatic heterocycles. The molecule has 27 heavy (non-hydrogen) atoms. The molecule has 3 amide bonds. The molecule has 2 aliphatic heterocycles. The normalized spacial score (nSPS) is 19.7. The van der Waals surface area contributed by atoms with Gasteiger partial charge >= 0.3 is 12.4 Å². The molecule has 0 spiro atoms. The highest BCUT2D eigenvalue weighted by atomic mass is 32.1. The van der Waals surface area contributed by atoms with Crippen molar-refractivity contribution < 1.29 is 27.5 Å². The Bertz CT molecular complexity index is 923. The Morgan fingerprint density at radius 3 is 2.52 bits per heavy atom. The van der Waals surface area contributed by atoms with Crippen LogP contribution >= 0.6 is 11.3 Å². The third-order valence-electron chi connectivity index (χ3n) is 4.16. The molecule has 2 aromatic rings. The van der Waals surface area contributed by atoms with Crippen LogP contribution < -0.4 is 20.3 Å². The first-order valence-corrected chi connectivity index (χ1v) is 8.71. The molecule has 0 saturated carbocycles. The predicted octanol–water partition coefficient (Wildman–Crippen LogP) is 3.30. The van der Waals surface area contributed by atoms with E-state index in [-0.39, 0.29) is 18.2 Å². The van der Waals surface area contributed by atoms with E-state index >= 15 is 0 Å². The lowest BCUT2D eigenvalue weighted by Gasteiger charge is -2.24. The lowest BCUT2D eigenvalue weighted by Crippen LogP contribution is -2.44. The first-order chi connectivity index (χ1) is 12.8. The van der Waals surface area contributed by atoms with Crippen molar-refractivity contribution >= 4 is 29.0 Å². The Labute approximate surface area is 155 Å². The second-order valence-corrected chi connectivity index (χ2v) is 6.85. The third-order valence-corrected chi connectivity index (χ3v) is 5.09. The maximum atomic E-state index is 12.9. The molecule has 0 radical (unpaired) electrons. The summed E-state index contributed by atoms with van der Waals surface area (Å²) in [4.78, 5) is 27.1. The molecule has 4 rings (SSSR count). The van der Waals surface area contributed by atoms with Gasteiger partial charge in [-0.3, -0.25) is 4.79 Å². The quantitative estimate of drug-likeness (QED) is 0.838. The van der Waals surface area contributed by atoms with Crippen LogP contribution in [-0.4, -0.2) is 24.8 Å².